The Morgan fingerprint density at radius 2 is 2.25 bits per heavy atom. The largest absolute Gasteiger partial charge is 0.370 e. The molecule has 5 nitrogen and oxygen atoms in total. The van der Waals surface area contributed by atoms with Gasteiger partial charge >= 0.3 is 0 Å². The highest BCUT2D eigenvalue weighted by atomic mass is 35.5. The van der Waals surface area contributed by atoms with Crippen LogP contribution in [0.1, 0.15) is 18.4 Å². The van der Waals surface area contributed by atoms with Gasteiger partial charge in [0.05, 0.1) is 16.8 Å². The van der Waals surface area contributed by atoms with Crippen LogP contribution in [0.4, 0.5) is 5.69 Å². The first-order valence-electron chi connectivity index (χ1n) is 6.31. The van der Waals surface area contributed by atoms with E-state index in [0.717, 1.165) is 25.1 Å². The topological polar surface area (TPSA) is 73.2 Å². The van der Waals surface area contributed by atoms with Crippen molar-refractivity contribution in [2.45, 2.75) is 18.9 Å². The van der Waals surface area contributed by atoms with E-state index in [9.17, 15) is 8.42 Å². The summed E-state index contributed by atoms with van der Waals surface area (Å²) < 4.78 is 25.2. The van der Waals surface area contributed by atoms with Crippen molar-refractivity contribution in [3.8, 4) is 6.07 Å². The first-order chi connectivity index (χ1) is 9.39. The average Bonchev–Trinajstić information content (AvgIpc) is 2.37. The maximum atomic E-state index is 11.3. The van der Waals surface area contributed by atoms with Crippen LogP contribution in [0.15, 0.2) is 18.2 Å². The number of nitriles is 1. The number of hydrogen-bond donors (Lipinski definition) is 1. The molecular weight excluding hydrogens is 298 g/mol. The predicted octanol–water partition coefficient (Wildman–Crippen LogP) is 1.73. The molecule has 1 aliphatic heterocycles. The maximum Gasteiger partial charge on any atom is 0.209 e. The Morgan fingerprint density at radius 3 is 2.85 bits per heavy atom. The molecule has 1 atom stereocenters. The molecule has 0 spiro atoms. The summed E-state index contributed by atoms with van der Waals surface area (Å²) in [6.45, 7) is 1.46. The zero-order chi connectivity index (χ0) is 14.8. The Bertz CT molecular complexity index is 640. The molecule has 0 aromatic heterocycles. The summed E-state index contributed by atoms with van der Waals surface area (Å²) >= 11 is 6.03. The molecule has 0 aliphatic carbocycles. The monoisotopic (exact) mass is 313 g/mol. The first-order valence-corrected chi connectivity index (χ1v) is 8.58. The fourth-order valence-electron chi connectivity index (χ4n) is 2.40. The molecule has 1 heterocycles. The van der Waals surface area contributed by atoms with E-state index >= 15 is 0 Å². The Balaban J connectivity index is 2.13. The highest BCUT2D eigenvalue weighted by Gasteiger charge is 2.22. The minimum atomic E-state index is -3.19. The van der Waals surface area contributed by atoms with E-state index in [-0.39, 0.29) is 6.04 Å². The molecule has 1 N–H and O–H groups in total. The van der Waals surface area contributed by atoms with Crippen molar-refractivity contribution in [2.24, 2.45) is 0 Å². The fraction of sp³-hybridized carbons (Fsp3) is 0.462. The van der Waals surface area contributed by atoms with E-state index < -0.39 is 10.0 Å². The van der Waals surface area contributed by atoms with Gasteiger partial charge in [-0.15, -0.1) is 0 Å². The van der Waals surface area contributed by atoms with Gasteiger partial charge in [0.15, 0.2) is 0 Å². The normalized spacial score (nSPS) is 19.6. The van der Waals surface area contributed by atoms with Crippen LogP contribution in [0.2, 0.25) is 5.02 Å². The lowest BCUT2D eigenvalue weighted by molar-refractivity contribution is 0.467. The van der Waals surface area contributed by atoms with Crippen LogP contribution >= 0.6 is 11.6 Å². The van der Waals surface area contributed by atoms with Gasteiger partial charge in [0.2, 0.25) is 10.0 Å². The van der Waals surface area contributed by atoms with E-state index in [4.69, 9.17) is 16.9 Å². The third kappa shape index (κ3) is 3.85. The van der Waals surface area contributed by atoms with Crippen molar-refractivity contribution in [1.29, 1.82) is 5.26 Å². The van der Waals surface area contributed by atoms with Gasteiger partial charge in [-0.2, -0.15) is 5.26 Å². The number of anilines is 1. The highest BCUT2D eigenvalue weighted by molar-refractivity contribution is 7.88. The van der Waals surface area contributed by atoms with Crippen LogP contribution in [-0.2, 0) is 10.0 Å². The van der Waals surface area contributed by atoms with Gasteiger partial charge in [0.25, 0.3) is 0 Å². The van der Waals surface area contributed by atoms with Crippen LogP contribution in [0, 0.1) is 11.3 Å². The summed E-state index contributed by atoms with van der Waals surface area (Å²) in [5.74, 6) is 0. The number of nitrogens with zero attached hydrogens (tertiary/aromatic N) is 2. The van der Waals surface area contributed by atoms with Crippen molar-refractivity contribution in [2.75, 3.05) is 24.2 Å². The summed E-state index contributed by atoms with van der Waals surface area (Å²) in [6.07, 6.45) is 2.91. The lowest BCUT2D eigenvalue weighted by atomic mass is 10.1. The lowest BCUT2D eigenvalue weighted by Gasteiger charge is -2.34. The third-order valence-corrected chi connectivity index (χ3v) is 4.31. The Morgan fingerprint density at radius 1 is 1.50 bits per heavy atom. The van der Waals surface area contributed by atoms with Crippen LogP contribution in [-0.4, -0.2) is 33.8 Å². The fourth-order valence-corrected chi connectivity index (χ4v) is 3.42. The first kappa shape index (κ1) is 15.1. The summed E-state index contributed by atoms with van der Waals surface area (Å²) in [7, 11) is -3.19. The highest BCUT2D eigenvalue weighted by Crippen LogP contribution is 2.25. The van der Waals surface area contributed by atoms with Crippen molar-refractivity contribution < 1.29 is 8.42 Å². The van der Waals surface area contributed by atoms with Crippen LogP contribution in [0.5, 0.6) is 0 Å². The molecule has 1 aliphatic rings. The van der Waals surface area contributed by atoms with Gasteiger partial charge in [-0.3, -0.25) is 0 Å². The maximum absolute atomic E-state index is 11.3. The van der Waals surface area contributed by atoms with Gasteiger partial charge in [0, 0.05) is 24.8 Å². The van der Waals surface area contributed by atoms with Crippen LogP contribution < -0.4 is 9.62 Å². The van der Waals surface area contributed by atoms with Gasteiger partial charge in [-0.1, -0.05) is 11.6 Å². The molecule has 0 unspecified atom stereocenters. The molecular formula is C13H16ClN3O2S. The van der Waals surface area contributed by atoms with E-state index in [2.05, 4.69) is 9.62 Å². The number of hydrogen-bond acceptors (Lipinski definition) is 4. The van der Waals surface area contributed by atoms with Crippen molar-refractivity contribution in [1.82, 2.24) is 4.72 Å². The number of rotatable bonds is 3. The molecule has 7 heteroatoms. The van der Waals surface area contributed by atoms with Gasteiger partial charge in [-0.25, -0.2) is 13.1 Å². The molecule has 0 radical (unpaired) electrons. The van der Waals surface area contributed by atoms with Crippen molar-refractivity contribution >= 4 is 27.3 Å². The lowest BCUT2D eigenvalue weighted by Crippen LogP contribution is -2.47. The quantitative estimate of drug-likeness (QED) is 0.922. The second kappa shape index (κ2) is 6.00. The van der Waals surface area contributed by atoms with Gasteiger partial charge < -0.3 is 4.90 Å². The van der Waals surface area contributed by atoms with Crippen molar-refractivity contribution in [3.63, 3.8) is 0 Å². The molecule has 1 aromatic carbocycles. The average molecular weight is 314 g/mol. The Labute approximate surface area is 124 Å². The van der Waals surface area contributed by atoms with Crippen LogP contribution in [0.25, 0.3) is 0 Å². The SMILES string of the molecule is CS(=O)(=O)N[C@@H]1CCCN(c2ccc(C#N)c(Cl)c2)C1. The molecule has 108 valence electrons. The van der Waals surface area contributed by atoms with E-state index in [1.54, 1.807) is 12.1 Å². The molecule has 1 fully saturated rings. The van der Waals surface area contributed by atoms with E-state index in [1.165, 1.54) is 6.26 Å². The third-order valence-electron chi connectivity index (χ3n) is 3.24. The number of benzene rings is 1. The zero-order valence-corrected chi connectivity index (χ0v) is 12.7. The molecule has 0 amide bonds. The number of nitrogens with one attached hydrogen (secondary N) is 1. The predicted molar refractivity (Wildman–Crippen MR) is 79.4 cm³/mol. The number of sulfonamides is 1. The Kier molecular flexibility index (Phi) is 4.53. The van der Waals surface area contributed by atoms with E-state index in [0.29, 0.717) is 17.1 Å². The zero-order valence-electron chi connectivity index (χ0n) is 11.1. The number of piperidine rings is 1. The Hall–Kier alpha value is -1.29. The second-order valence-electron chi connectivity index (χ2n) is 4.95. The number of halogens is 1. The molecule has 0 saturated carbocycles. The molecule has 1 saturated heterocycles. The second-order valence-corrected chi connectivity index (χ2v) is 7.14. The summed E-state index contributed by atoms with van der Waals surface area (Å²) in [5.41, 5.74) is 1.35. The molecule has 0 bridgehead atoms. The summed E-state index contributed by atoms with van der Waals surface area (Å²) in [6, 6.07) is 7.21. The van der Waals surface area contributed by atoms with Crippen LogP contribution in [0.3, 0.4) is 0 Å². The molecule has 20 heavy (non-hydrogen) atoms. The molecule has 1 aromatic rings. The molecule has 2 rings (SSSR count). The minimum Gasteiger partial charge on any atom is -0.370 e. The van der Waals surface area contributed by atoms with Crippen molar-refractivity contribution in [3.05, 3.63) is 28.8 Å². The minimum absolute atomic E-state index is 0.0897. The van der Waals surface area contributed by atoms with E-state index in [1.807, 2.05) is 12.1 Å². The van der Waals surface area contributed by atoms with Gasteiger partial charge in [0.1, 0.15) is 6.07 Å². The standard InChI is InChI=1S/C13H16ClN3O2S/c1-20(18,19)16-11-3-2-6-17(9-11)12-5-4-10(8-15)13(14)7-12/h4-5,7,11,16H,2-3,6,9H2,1H3/t11-/m1/s1. The van der Waals surface area contributed by atoms with Gasteiger partial charge in [-0.05, 0) is 31.0 Å². The summed E-state index contributed by atoms with van der Waals surface area (Å²) in [4.78, 5) is 2.08. The smallest absolute Gasteiger partial charge is 0.209 e. The summed E-state index contributed by atoms with van der Waals surface area (Å²) in [5, 5.41) is 9.28.